The van der Waals surface area contributed by atoms with Gasteiger partial charge in [-0.3, -0.25) is 9.69 Å². The summed E-state index contributed by atoms with van der Waals surface area (Å²) in [7, 11) is -0.656. The molecule has 2 aromatic heterocycles. The molecule has 1 aromatic carbocycles. The molecule has 224 valence electrons. The van der Waals surface area contributed by atoms with Crippen molar-refractivity contribution in [1.82, 2.24) is 24.1 Å². The number of sulfonamides is 1. The zero-order valence-corrected chi connectivity index (χ0v) is 25.3. The van der Waals surface area contributed by atoms with E-state index in [-0.39, 0.29) is 35.0 Å². The fourth-order valence-corrected chi connectivity index (χ4v) is 8.42. The van der Waals surface area contributed by atoms with E-state index in [1.54, 1.807) is 40.2 Å². The van der Waals surface area contributed by atoms with Crippen LogP contribution in [0.25, 0.3) is 0 Å². The van der Waals surface area contributed by atoms with E-state index in [1.165, 1.54) is 10.6 Å². The topological polar surface area (TPSA) is 118 Å². The molecule has 2 unspecified atom stereocenters. The van der Waals surface area contributed by atoms with Crippen LogP contribution in [-0.4, -0.2) is 84.8 Å². The molecule has 0 N–H and O–H groups in total. The number of amides is 1. The van der Waals surface area contributed by atoms with E-state index in [4.69, 9.17) is 13.9 Å². The lowest BCUT2D eigenvalue weighted by atomic mass is 10.0. The predicted molar refractivity (Wildman–Crippen MR) is 154 cm³/mol. The van der Waals surface area contributed by atoms with E-state index in [0.717, 1.165) is 38.0 Å². The van der Waals surface area contributed by atoms with Crippen LogP contribution in [-0.2, 0) is 23.1 Å². The quantitative estimate of drug-likeness (QED) is 0.348. The number of nitrogens with zero attached hydrogens (tertiary/aromatic N) is 5. The van der Waals surface area contributed by atoms with Gasteiger partial charge in [-0.05, 0) is 67.3 Å². The number of aryl methyl sites for hydroxylation is 2. The zero-order valence-electron chi connectivity index (χ0n) is 24.4. The van der Waals surface area contributed by atoms with E-state index < -0.39 is 10.0 Å². The molecule has 6 rings (SSSR count). The summed E-state index contributed by atoms with van der Waals surface area (Å²) in [5.74, 6) is 2.07. The minimum atomic E-state index is -3.82. The van der Waals surface area contributed by atoms with Crippen LogP contribution in [0, 0.1) is 25.7 Å². The fourth-order valence-electron chi connectivity index (χ4n) is 6.37. The van der Waals surface area contributed by atoms with Crippen molar-refractivity contribution >= 4 is 15.9 Å². The summed E-state index contributed by atoms with van der Waals surface area (Å²) < 4.78 is 45.2. The lowest BCUT2D eigenvalue weighted by Gasteiger charge is -2.23. The largest absolute Gasteiger partial charge is 0.497 e. The van der Waals surface area contributed by atoms with Gasteiger partial charge in [0.2, 0.25) is 21.8 Å². The van der Waals surface area contributed by atoms with Crippen molar-refractivity contribution in [3.63, 3.8) is 0 Å². The van der Waals surface area contributed by atoms with Crippen molar-refractivity contribution in [3.8, 4) is 11.6 Å². The summed E-state index contributed by atoms with van der Waals surface area (Å²) in [5, 5.41) is 0. The summed E-state index contributed by atoms with van der Waals surface area (Å²) in [5.41, 5.74) is 2.61. The third kappa shape index (κ3) is 5.62. The molecule has 1 amide bonds. The highest BCUT2D eigenvalue weighted by molar-refractivity contribution is 7.89. The van der Waals surface area contributed by atoms with Crippen LogP contribution in [0.1, 0.15) is 45.9 Å². The van der Waals surface area contributed by atoms with E-state index in [2.05, 4.69) is 14.9 Å². The highest BCUT2D eigenvalue weighted by Gasteiger charge is 2.43. The Morgan fingerprint density at radius 1 is 1.05 bits per heavy atom. The summed E-state index contributed by atoms with van der Waals surface area (Å²) in [6.45, 7) is 7.52. The fraction of sp³-hybridized carbons (Fsp3) is 0.500. The number of likely N-dealkylation sites (tertiary alicyclic amines) is 2. The second-order valence-electron chi connectivity index (χ2n) is 11.6. The number of hydrogen-bond acceptors (Lipinski definition) is 9. The second-order valence-corrected chi connectivity index (χ2v) is 13.5. The third-order valence-electron chi connectivity index (χ3n) is 8.51. The maximum atomic E-state index is 13.8. The first kappa shape index (κ1) is 28.6. The molecule has 4 heterocycles. The number of ether oxygens (including phenoxy) is 2. The van der Waals surface area contributed by atoms with Crippen LogP contribution >= 0.6 is 0 Å². The maximum absolute atomic E-state index is 13.8. The third-order valence-corrected chi connectivity index (χ3v) is 10.7. The number of carbonyl (C=O) groups excluding carboxylic acids is 1. The molecule has 1 saturated carbocycles. The van der Waals surface area contributed by atoms with Gasteiger partial charge in [0.1, 0.15) is 12.0 Å². The normalized spacial score (nSPS) is 20.7. The average molecular weight is 596 g/mol. The van der Waals surface area contributed by atoms with Gasteiger partial charge in [0.25, 0.3) is 5.91 Å². The van der Waals surface area contributed by atoms with Crippen LogP contribution in [0.15, 0.2) is 46.0 Å². The Bertz CT molecular complexity index is 1530. The van der Waals surface area contributed by atoms with E-state index in [9.17, 15) is 13.2 Å². The average Bonchev–Trinajstić information content (AvgIpc) is 3.37. The van der Waals surface area contributed by atoms with Crippen LogP contribution in [0.5, 0.6) is 11.6 Å². The summed E-state index contributed by atoms with van der Waals surface area (Å²) >= 11 is 0. The lowest BCUT2D eigenvalue weighted by Crippen LogP contribution is -2.34. The van der Waals surface area contributed by atoms with Crippen LogP contribution in [0.4, 0.5) is 0 Å². The number of benzene rings is 1. The molecule has 42 heavy (non-hydrogen) atoms. The molecule has 2 aliphatic heterocycles. The minimum Gasteiger partial charge on any atom is -0.497 e. The molecule has 2 atom stereocenters. The summed E-state index contributed by atoms with van der Waals surface area (Å²) in [6, 6.07) is 7.25. The van der Waals surface area contributed by atoms with E-state index in [1.807, 2.05) is 23.2 Å². The maximum Gasteiger partial charge on any atom is 0.275 e. The number of methoxy groups -OCH3 is 2. The standard InChI is InChI=1S/C30H37N5O6S/c1-19-9-25(39-3)10-20(2)29(19)42(37,38)35(24-6-7-24)17-28-32-26(18-41-28)30(36)34-15-22-13-33(14-23(22)16-34)12-21-5-8-27(40-4)31-11-21/h5,8-11,18,22-24H,6-7,12-17H2,1-4H3. The molecule has 1 aliphatic carbocycles. The van der Waals surface area contributed by atoms with Gasteiger partial charge in [-0.25, -0.2) is 18.4 Å². The Labute approximate surface area is 246 Å². The van der Waals surface area contributed by atoms with Crippen molar-refractivity contribution in [2.45, 2.75) is 50.7 Å². The number of rotatable bonds is 10. The summed E-state index contributed by atoms with van der Waals surface area (Å²) in [6.07, 6.45) is 4.77. The van der Waals surface area contributed by atoms with Crippen molar-refractivity contribution in [3.05, 3.63) is 65.0 Å². The Kier molecular flexibility index (Phi) is 7.71. The number of fused-ring (bicyclic) bond motifs is 1. The zero-order chi connectivity index (χ0) is 29.6. The molecule has 12 heteroatoms. The second kappa shape index (κ2) is 11.3. The smallest absolute Gasteiger partial charge is 0.275 e. The lowest BCUT2D eigenvalue weighted by molar-refractivity contribution is 0.0767. The number of carbonyl (C=O) groups is 1. The van der Waals surface area contributed by atoms with E-state index in [0.29, 0.717) is 47.7 Å². The predicted octanol–water partition coefficient (Wildman–Crippen LogP) is 3.26. The van der Waals surface area contributed by atoms with Crippen LogP contribution in [0.2, 0.25) is 0 Å². The Hall–Kier alpha value is -3.48. The van der Waals surface area contributed by atoms with Crippen molar-refractivity contribution in [2.75, 3.05) is 40.4 Å². The van der Waals surface area contributed by atoms with Gasteiger partial charge < -0.3 is 18.8 Å². The van der Waals surface area contributed by atoms with Gasteiger partial charge in [-0.2, -0.15) is 4.31 Å². The highest BCUT2D eigenvalue weighted by atomic mass is 32.2. The van der Waals surface area contributed by atoms with Gasteiger partial charge in [0.05, 0.1) is 25.7 Å². The van der Waals surface area contributed by atoms with Gasteiger partial charge in [-0.1, -0.05) is 6.07 Å². The van der Waals surface area contributed by atoms with Gasteiger partial charge in [-0.15, -0.1) is 0 Å². The first-order valence-electron chi connectivity index (χ1n) is 14.3. The highest BCUT2D eigenvalue weighted by Crippen LogP contribution is 2.37. The molecule has 3 aliphatic rings. The van der Waals surface area contributed by atoms with Gasteiger partial charge in [0.15, 0.2) is 5.69 Å². The van der Waals surface area contributed by atoms with Crippen LogP contribution in [0.3, 0.4) is 0 Å². The molecule has 0 radical (unpaired) electrons. The molecule has 0 bridgehead atoms. The number of pyridine rings is 1. The summed E-state index contributed by atoms with van der Waals surface area (Å²) in [4.78, 5) is 26.6. The Morgan fingerprint density at radius 2 is 1.74 bits per heavy atom. The monoisotopic (exact) mass is 595 g/mol. The molecular formula is C30H37N5O6S. The Morgan fingerprint density at radius 3 is 2.31 bits per heavy atom. The first-order chi connectivity index (χ1) is 20.2. The molecule has 2 saturated heterocycles. The SMILES string of the molecule is COc1cc(C)c(S(=O)(=O)N(Cc2nc(C(=O)N3CC4CN(Cc5ccc(OC)nc5)CC4C3)co2)C2CC2)c(C)c1. The van der Waals surface area contributed by atoms with E-state index >= 15 is 0 Å². The number of aromatic nitrogens is 2. The molecule has 3 fully saturated rings. The van der Waals surface area contributed by atoms with Crippen molar-refractivity contribution in [1.29, 1.82) is 0 Å². The van der Waals surface area contributed by atoms with Crippen molar-refractivity contribution < 1.29 is 27.1 Å². The minimum absolute atomic E-state index is 0.0222. The molecule has 3 aromatic rings. The molecular weight excluding hydrogens is 558 g/mol. The molecule has 0 spiro atoms. The van der Waals surface area contributed by atoms with Gasteiger partial charge in [0, 0.05) is 51.0 Å². The van der Waals surface area contributed by atoms with Crippen LogP contribution < -0.4 is 9.47 Å². The Balaban J connectivity index is 1.09. The van der Waals surface area contributed by atoms with Gasteiger partial charge >= 0.3 is 0 Å². The number of hydrogen-bond donors (Lipinski definition) is 0. The first-order valence-corrected chi connectivity index (χ1v) is 15.7. The number of oxazole rings is 1. The van der Waals surface area contributed by atoms with Crippen molar-refractivity contribution in [2.24, 2.45) is 11.8 Å². The molecule has 11 nitrogen and oxygen atoms in total.